The minimum absolute atomic E-state index is 0.0195. The van der Waals surface area contributed by atoms with Gasteiger partial charge in [-0.1, -0.05) is 30.1 Å². The van der Waals surface area contributed by atoms with E-state index in [9.17, 15) is 8.42 Å². The van der Waals surface area contributed by atoms with Crippen molar-refractivity contribution >= 4 is 33.2 Å². The third-order valence-electron chi connectivity index (χ3n) is 2.56. The van der Waals surface area contributed by atoms with Crippen molar-refractivity contribution in [1.82, 2.24) is 4.72 Å². The van der Waals surface area contributed by atoms with Crippen molar-refractivity contribution in [3.8, 4) is 0 Å². The van der Waals surface area contributed by atoms with Crippen LogP contribution in [0.15, 0.2) is 23.1 Å². The monoisotopic (exact) mass is 325 g/mol. The molecule has 0 radical (unpaired) electrons. The summed E-state index contributed by atoms with van der Waals surface area (Å²) in [5.41, 5.74) is 0. The van der Waals surface area contributed by atoms with Gasteiger partial charge in [-0.05, 0) is 18.2 Å². The van der Waals surface area contributed by atoms with Gasteiger partial charge in [-0.2, -0.15) is 0 Å². The number of halogens is 2. The van der Waals surface area contributed by atoms with Crippen LogP contribution in [0.3, 0.4) is 0 Å². The van der Waals surface area contributed by atoms with Gasteiger partial charge in [0.2, 0.25) is 10.0 Å². The van der Waals surface area contributed by atoms with E-state index >= 15 is 0 Å². The second kappa shape index (κ2) is 6.90. The third kappa shape index (κ3) is 5.28. The molecule has 0 heterocycles. The summed E-state index contributed by atoms with van der Waals surface area (Å²) in [7, 11) is 0.433. The van der Waals surface area contributed by atoms with Crippen LogP contribution in [0.2, 0.25) is 10.0 Å². The quantitative estimate of drug-likeness (QED) is 0.821. The molecule has 0 fully saturated rings. The Kier molecular flexibility index (Phi) is 6.08. The molecule has 0 bridgehead atoms. The van der Waals surface area contributed by atoms with Gasteiger partial charge in [-0.3, -0.25) is 0 Å². The molecule has 7 heteroatoms. The maximum Gasteiger partial charge on any atom is 0.242 e. The first-order valence-corrected chi connectivity index (χ1v) is 8.20. The molecule has 0 spiro atoms. The van der Waals surface area contributed by atoms with Crippen LogP contribution in [-0.2, 0) is 10.0 Å². The molecule has 1 atom stereocenters. The molecule has 1 aromatic carbocycles. The van der Waals surface area contributed by atoms with Crippen LogP contribution in [0.4, 0.5) is 0 Å². The number of sulfonamides is 1. The summed E-state index contributed by atoms with van der Waals surface area (Å²) in [5, 5.41) is 0.512. The van der Waals surface area contributed by atoms with Gasteiger partial charge in [-0.15, -0.1) is 0 Å². The van der Waals surface area contributed by atoms with E-state index in [-0.39, 0.29) is 15.8 Å². The Bertz CT molecular complexity index is 533. The molecule has 4 nitrogen and oxygen atoms in total. The van der Waals surface area contributed by atoms with E-state index in [2.05, 4.69) is 4.72 Å². The number of quaternary nitrogens is 1. The molecule has 1 aromatic rings. The highest BCUT2D eigenvalue weighted by molar-refractivity contribution is 7.89. The van der Waals surface area contributed by atoms with Gasteiger partial charge in [0.25, 0.3) is 0 Å². The number of benzene rings is 1. The van der Waals surface area contributed by atoms with Crippen molar-refractivity contribution in [3.63, 3.8) is 0 Å². The average Bonchev–Trinajstić information content (AvgIpc) is 2.29. The predicted molar refractivity (Wildman–Crippen MR) is 78.5 cm³/mol. The highest BCUT2D eigenvalue weighted by atomic mass is 35.5. The van der Waals surface area contributed by atoms with Gasteiger partial charge >= 0.3 is 0 Å². The first-order valence-electron chi connectivity index (χ1n) is 5.96. The minimum atomic E-state index is -3.62. The maximum absolute atomic E-state index is 12.1. The largest absolute Gasteiger partial charge is 0.340 e. The molecular formula is C12H19Cl2N2O2S+. The van der Waals surface area contributed by atoms with E-state index < -0.39 is 10.0 Å². The van der Waals surface area contributed by atoms with E-state index in [0.717, 1.165) is 6.54 Å². The van der Waals surface area contributed by atoms with Gasteiger partial charge in [0, 0.05) is 17.5 Å². The normalized spacial score (nSPS) is 13.8. The molecule has 0 amide bonds. The van der Waals surface area contributed by atoms with Gasteiger partial charge in [-0.25, -0.2) is 13.1 Å². The molecule has 108 valence electrons. The summed E-state index contributed by atoms with van der Waals surface area (Å²) in [6.07, 6.45) is 0. The summed E-state index contributed by atoms with van der Waals surface area (Å²) >= 11 is 11.7. The summed E-state index contributed by atoms with van der Waals surface area (Å²) in [6, 6.07) is 4.39. The average molecular weight is 326 g/mol. The van der Waals surface area contributed by atoms with E-state index in [4.69, 9.17) is 23.2 Å². The minimum Gasteiger partial charge on any atom is -0.340 e. The van der Waals surface area contributed by atoms with Gasteiger partial charge in [0.15, 0.2) is 0 Å². The Morgan fingerprint density at radius 3 is 2.53 bits per heavy atom. The highest BCUT2D eigenvalue weighted by Crippen LogP contribution is 2.24. The Hall–Kier alpha value is -0.330. The molecule has 0 aliphatic rings. The molecule has 0 saturated carbocycles. The van der Waals surface area contributed by atoms with Crippen LogP contribution in [0.1, 0.15) is 6.92 Å². The van der Waals surface area contributed by atoms with Crippen molar-refractivity contribution in [2.75, 3.05) is 27.2 Å². The maximum atomic E-state index is 12.1. The fraction of sp³-hybridized carbons (Fsp3) is 0.500. The van der Waals surface area contributed by atoms with E-state index in [1.807, 2.05) is 21.0 Å². The summed E-state index contributed by atoms with van der Waals surface area (Å²) < 4.78 is 26.8. The SMILES string of the molecule is C[C@@H](CNS(=O)(=O)c1cc(Cl)ccc1Cl)C[NH+](C)C. The molecule has 0 aliphatic heterocycles. The molecule has 1 rings (SSSR count). The standard InChI is InChI=1S/C12H18Cl2N2O2S/c1-9(8-16(2)3)7-15-19(17,18)12-6-10(13)4-5-11(12)14/h4-6,9,15H,7-8H2,1-3H3/p+1/t9-/m0/s1. The van der Waals surface area contributed by atoms with Crippen LogP contribution >= 0.6 is 23.2 Å². The molecular weight excluding hydrogens is 307 g/mol. The lowest BCUT2D eigenvalue weighted by molar-refractivity contribution is -0.861. The zero-order valence-electron chi connectivity index (χ0n) is 11.2. The number of hydrogen-bond donors (Lipinski definition) is 2. The summed E-state index contributed by atoms with van der Waals surface area (Å²) in [6.45, 7) is 3.25. The second-order valence-electron chi connectivity index (χ2n) is 4.94. The van der Waals surface area contributed by atoms with E-state index in [1.54, 1.807) is 6.07 Å². The lowest BCUT2D eigenvalue weighted by atomic mass is 10.2. The van der Waals surface area contributed by atoms with Crippen molar-refractivity contribution in [2.24, 2.45) is 5.92 Å². The zero-order valence-corrected chi connectivity index (χ0v) is 13.5. The van der Waals surface area contributed by atoms with Crippen LogP contribution in [-0.4, -0.2) is 35.6 Å². The molecule has 2 N–H and O–H groups in total. The molecule has 0 aromatic heterocycles. The Labute approximate surface area is 124 Å². The van der Waals surface area contributed by atoms with Gasteiger partial charge in [0.05, 0.1) is 25.7 Å². The van der Waals surface area contributed by atoms with Gasteiger partial charge in [0.1, 0.15) is 4.90 Å². The smallest absolute Gasteiger partial charge is 0.242 e. The van der Waals surface area contributed by atoms with Crippen LogP contribution in [0.25, 0.3) is 0 Å². The van der Waals surface area contributed by atoms with E-state index in [0.29, 0.717) is 11.6 Å². The van der Waals surface area contributed by atoms with Crippen LogP contribution in [0.5, 0.6) is 0 Å². The first-order chi connectivity index (χ1) is 8.72. The molecule has 0 saturated heterocycles. The Balaban J connectivity index is 2.79. The van der Waals surface area contributed by atoms with Crippen molar-refractivity contribution in [3.05, 3.63) is 28.2 Å². The fourth-order valence-corrected chi connectivity index (χ4v) is 3.71. The Morgan fingerprint density at radius 1 is 1.32 bits per heavy atom. The second-order valence-corrected chi connectivity index (χ2v) is 7.52. The molecule has 0 aliphatic carbocycles. The predicted octanol–water partition coefficient (Wildman–Crippen LogP) is 1.05. The van der Waals surface area contributed by atoms with Crippen molar-refractivity contribution in [2.45, 2.75) is 11.8 Å². The van der Waals surface area contributed by atoms with Gasteiger partial charge < -0.3 is 4.90 Å². The number of hydrogen-bond acceptors (Lipinski definition) is 2. The lowest BCUT2D eigenvalue weighted by Gasteiger charge is -2.15. The fourth-order valence-electron chi connectivity index (χ4n) is 1.78. The summed E-state index contributed by atoms with van der Waals surface area (Å²) in [5.74, 6) is 0.234. The van der Waals surface area contributed by atoms with E-state index in [1.165, 1.54) is 17.0 Å². The van der Waals surface area contributed by atoms with Crippen molar-refractivity contribution < 1.29 is 13.3 Å². The van der Waals surface area contributed by atoms with Crippen LogP contribution in [0, 0.1) is 5.92 Å². The first kappa shape index (κ1) is 16.7. The summed E-state index contributed by atoms with van der Waals surface area (Å²) in [4.78, 5) is 1.29. The third-order valence-corrected chi connectivity index (χ3v) is 4.70. The molecule has 0 unspecified atom stereocenters. The highest BCUT2D eigenvalue weighted by Gasteiger charge is 2.19. The zero-order chi connectivity index (χ0) is 14.6. The van der Waals surface area contributed by atoms with Crippen molar-refractivity contribution in [1.29, 1.82) is 0 Å². The topological polar surface area (TPSA) is 50.6 Å². The lowest BCUT2D eigenvalue weighted by Crippen LogP contribution is -3.06. The van der Waals surface area contributed by atoms with Crippen LogP contribution < -0.4 is 9.62 Å². The number of nitrogens with one attached hydrogen (secondary N) is 2. The Morgan fingerprint density at radius 2 is 1.95 bits per heavy atom. The molecule has 19 heavy (non-hydrogen) atoms. The number of rotatable bonds is 6.